The van der Waals surface area contributed by atoms with Gasteiger partial charge in [0.2, 0.25) is 11.8 Å². The molecule has 2 atom stereocenters. The van der Waals surface area contributed by atoms with Crippen LogP contribution in [0.25, 0.3) is 0 Å². The van der Waals surface area contributed by atoms with E-state index in [9.17, 15) is 24.4 Å². The summed E-state index contributed by atoms with van der Waals surface area (Å²) in [6.07, 6.45) is 0. The van der Waals surface area contributed by atoms with Crippen LogP contribution in [0.2, 0.25) is 0 Å². The quantitative estimate of drug-likeness (QED) is 0.411. The molecule has 0 bridgehead atoms. The lowest BCUT2D eigenvalue weighted by Gasteiger charge is -2.31. The molecule has 1 heterocycles. The summed E-state index contributed by atoms with van der Waals surface area (Å²) in [5.41, 5.74) is 2.92. The van der Waals surface area contributed by atoms with Crippen molar-refractivity contribution in [2.24, 2.45) is 5.92 Å². The predicted molar refractivity (Wildman–Crippen MR) is 132 cm³/mol. The Bertz CT molecular complexity index is 1230. The largest absolute Gasteiger partial charge is 0.468 e. The molecular formula is C26H25N3O6S. The fourth-order valence-corrected chi connectivity index (χ4v) is 4.60. The maximum Gasteiger partial charge on any atom is 0.337 e. The lowest BCUT2D eigenvalue weighted by Crippen LogP contribution is -2.44. The predicted octanol–water partition coefficient (Wildman–Crippen LogP) is 2.57. The van der Waals surface area contributed by atoms with E-state index in [-0.39, 0.29) is 27.8 Å². The standard InChI is InChI=1S/C26H25N3O6S/c1-15-4-6-16(7-5-15)13-28-20(30)14-36-24-19(12-27)21(22(23(31)29-24)26(33)35-3)17-8-10-18(11-9-17)25(32)34-2/h4-11,21-22H,13-14H2,1-3H3,(H,28,30)(H,29,31)/t21-,22-/m0/s1. The number of benzene rings is 2. The van der Waals surface area contributed by atoms with Crippen molar-refractivity contribution in [1.82, 2.24) is 10.6 Å². The lowest BCUT2D eigenvalue weighted by atomic mass is 9.78. The van der Waals surface area contributed by atoms with Crippen LogP contribution in [0.4, 0.5) is 0 Å². The molecule has 0 aromatic heterocycles. The highest BCUT2D eigenvalue weighted by Crippen LogP contribution is 2.40. The van der Waals surface area contributed by atoms with Gasteiger partial charge >= 0.3 is 11.9 Å². The number of esters is 2. The molecule has 10 heteroatoms. The minimum absolute atomic E-state index is 0.0520. The molecule has 1 aliphatic rings. The number of nitrogens with one attached hydrogen (secondary N) is 2. The fraction of sp³-hybridized carbons (Fsp3) is 0.269. The second-order valence-electron chi connectivity index (χ2n) is 7.99. The molecule has 2 aromatic rings. The van der Waals surface area contributed by atoms with Crippen molar-refractivity contribution < 1.29 is 28.7 Å². The summed E-state index contributed by atoms with van der Waals surface area (Å²) in [4.78, 5) is 49.6. The number of ether oxygens (including phenoxy) is 2. The molecule has 0 unspecified atom stereocenters. The van der Waals surface area contributed by atoms with Gasteiger partial charge in [0.15, 0.2) is 0 Å². The monoisotopic (exact) mass is 507 g/mol. The van der Waals surface area contributed by atoms with Crippen LogP contribution in [-0.4, -0.2) is 43.7 Å². The molecule has 3 rings (SSSR count). The summed E-state index contributed by atoms with van der Waals surface area (Å²) < 4.78 is 9.52. The van der Waals surface area contributed by atoms with Gasteiger partial charge in [0.25, 0.3) is 0 Å². The van der Waals surface area contributed by atoms with Gasteiger partial charge in [0.1, 0.15) is 5.92 Å². The Labute approximate surface area is 212 Å². The molecular weight excluding hydrogens is 482 g/mol. The molecule has 0 fully saturated rings. The number of methoxy groups -OCH3 is 2. The van der Waals surface area contributed by atoms with Gasteiger partial charge < -0.3 is 20.1 Å². The number of aryl methyl sites for hydroxylation is 1. The molecule has 2 aromatic carbocycles. The number of hydrogen-bond acceptors (Lipinski definition) is 8. The van der Waals surface area contributed by atoms with E-state index in [1.807, 2.05) is 31.2 Å². The van der Waals surface area contributed by atoms with Crippen molar-refractivity contribution in [3.63, 3.8) is 0 Å². The van der Waals surface area contributed by atoms with Crippen molar-refractivity contribution in [3.05, 3.63) is 81.4 Å². The number of carbonyl (C=O) groups excluding carboxylic acids is 4. The lowest BCUT2D eigenvalue weighted by molar-refractivity contribution is -0.150. The van der Waals surface area contributed by atoms with Gasteiger partial charge in [-0.3, -0.25) is 14.4 Å². The molecule has 186 valence electrons. The van der Waals surface area contributed by atoms with E-state index in [1.54, 1.807) is 12.1 Å². The number of rotatable bonds is 8. The van der Waals surface area contributed by atoms with Gasteiger partial charge in [-0.2, -0.15) is 5.26 Å². The first-order valence-electron chi connectivity index (χ1n) is 10.9. The van der Waals surface area contributed by atoms with Gasteiger partial charge in [-0.15, -0.1) is 0 Å². The highest BCUT2D eigenvalue weighted by atomic mass is 32.2. The number of nitrogens with zero attached hydrogens (tertiary/aromatic N) is 1. The van der Waals surface area contributed by atoms with E-state index in [0.29, 0.717) is 12.1 Å². The molecule has 2 amide bonds. The molecule has 0 aliphatic carbocycles. The highest BCUT2D eigenvalue weighted by Gasteiger charge is 2.44. The summed E-state index contributed by atoms with van der Waals surface area (Å²) in [5.74, 6) is -4.60. The molecule has 9 nitrogen and oxygen atoms in total. The van der Waals surface area contributed by atoms with E-state index >= 15 is 0 Å². The van der Waals surface area contributed by atoms with E-state index in [4.69, 9.17) is 9.47 Å². The number of allylic oxidation sites excluding steroid dienone is 1. The van der Waals surface area contributed by atoms with Crippen molar-refractivity contribution in [2.75, 3.05) is 20.0 Å². The van der Waals surface area contributed by atoms with Gasteiger partial charge in [-0.1, -0.05) is 53.7 Å². The highest BCUT2D eigenvalue weighted by molar-refractivity contribution is 8.03. The Kier molecular flexibility index (Phi) is 8.86. The molecule has 0 saturated heterocycles. The van der Waals surface area contributed by atoms with Crippen LogP contribution in [0.3, 0.4) is 0 Å². The number of thioether (sulfide) groups is 1. The number of nitriles is 1. The average molecular weight is 508 g/mol. The third-order valence-electron chi connectivity index (χ3n) is 5.63. The van der Waals surface area contributed by atoms with Gasteiger partial charge in [0, 0.05) is 12.5 Å². The van der Waals surface area contributed by atoms with Gasteiger partial charge in [0.05, 0.1) is 42.2 Å². The number of hydrogen-bond donors (Lipinski definition) is 2. The first kappa shape index (κ1) is 26.5. The second-order valence-corrected chi connectivity index (χ2v) is 8.97. The normalized spacial score (nSPS) is 17.0. The zero-order chi connectivity index (χ0) is 26.2. The second kappa shape index (κ2) is 12.0. The topological polar surface area (TPSA) is 135 Å². The van der Waals surface area contributed by atoms with Gasteiger partial charge in [-0.05, 0) is 30.2 Å². The molecule has 2 N–H and O–H groups in total. The van der Waals surface area contributed by atoms with Crippen molar-refractivity contribution in [3.8, 4) is 6.07 Å². The molecule has 0 saturated carbocycles. The van der Waals surface area contributed by atoms with Crippen molar-refractivity contribution in [1.29, 1.82) is 5.26 Å². The number of carbonyl (C=O) groups is 4. The Morgan fingerprint density at radius 3 is 2.31 bits per heavy atom. The zero-order valence-electron chi connectivity index (χ0n) is 20.0. The van der Waals surface area contributed by atoms with Crippen LogP contribution >= 0.6 is 11.8 Å². The molecule has 36 heavy (non-hydrogen) atoms. The minimum Gasteiger partial charge on any atom is -0.468 e. The third kappa shape index (κ3) is 6.12. The van der Waals surface area contributed by atoms with Crippen LogP contribution < -0.4 is 10.6 Å². The summed E-state index contributed by atoms with van der Waals surface area (Å²) in [6.45, 7) is 2.32. The van der Waals surface area contributed by atoms with Crippen LogP contribution in [0.1, 0.15) is 33.0 Å². The first-order chi connectivity index (χ1) is 17.3. The molecule has 0 spiro atoms. The first-order valence-corrected chi connectivity index (χ1v) is 11.9. The Hall–Kier alpha value is -4.10. The fourth-order valence-electron chi connectivity index (χ4n) is 3.72. The van der Waals surface area contributed by atoms with Crippen LogP contribution in [0, 0.1) is 24.2 Å². The van der Waals surface area contributed by atoms with Crippen molar-refractivity contribution in [2.45, 2.75) is 19.4 Å². The Balaban J connectivity index is 1.83. The molecule has 0 radical (unpaired) electrons. The third-order valence-corrected chi connectivity index (χ3v) is 6.65. The molecule has 1 aliphatic heterocycles. The van der Waals surface area contributed by atoms with E-state index in [2.05, 4.69) is 16.7 Å². The van der Waals surface area contributed by atoms with E-state index < -0.39 is 29.7 Å². The maximum absolute atomic E-state index is 12.9. The smallest absolute Gasteiger partial charge is 0.337 e. The van der Waals surface area contributed by atoms with Crippen molar-refractivity contribution >= 4 is 35.5 Å². The van der Waals surface area contributed by atoms with Gasteiger partial charge in [-0.25, -0.2) is 4.79 Å². The van der Waals surface area contributed by atoms with E-state index in [1.165, 1.54) is 19.2 Å². The Morgan fingerprint density at radius 1 is 1.06 bits per heavy atom. The minimum atomic E-state index is -1.31. The summed E-state index contributed by atoms with van der Waals surface area (Å²) in [5, 5.41) is 15.6. The van der Waals surface area contributed by atoms with Crippen LogP contribution in [-0.2, 0) is 30.4 Å². The van der Waals surface area contributed by atoms with E-state index in [0.717, 1.165) is 30.0 Å². The maximum atomic E-state index is 12.9. The SMILES string of the molecule is COC(=O)c1ccc([C@H]2C(C#N)=C(SCC(=O)NCc3ccc(C)cc3)NC(=O)[C@H]2C(=O)OC)cc1. The van der Waals surface area contributed by atoms with Crippen LogP contribution in [0.5, 0.6) is 0 Å². The average Bonchev–Trinajstić information content (AvgIpc) is 2.90. The summed E-state index contributed by atoms with van der Waals surface area (Å²) in [7, 11) is 2.41. The zero-order valence-corrected chi connectivity index (χ0v) is 20.8. The summed E-state index contributed by atoms with van der Waals surface area (Å²) in [6, 6.07) is 15.9. The van der Waals surface area contributed by atoms with Crippen LogP contribution in [0.15, 0.2) is 59.1 Å². The Morgan fingerprint density at radius 2 is 1.72 bits per heavy atom. The number of amides is 2. The summed E-state index contributed by atoms with van der Waals surface area (Å²) >= 11 is 0.998.